The van der Waals surface area contributed by atoms with Gasteiger partial charge in [-0.25, -0.2) is 4.39 Å². The Morgan fingerprint density at radius 3 is 2.79 bits per heavy atom. The lowest BCUT2D eigenvalue weighted by atomic mass is 10.1. The SMILES string of the molecule is CNCC(=O)c1cc(Cl)c(C)cc1F. The second kappa shape index (κ2) is 4.53. The van der Waals surface area contributed by atoms with Gasteiger partial charge in [0.2, 0.25) is 0 Å². The maximum Gasteiger partial charge on any atom is 0.179 e. The molecule has 0 fully saturated rings. The predicted octanol–water partition coefficient (Wildman–Crippen LogP) is 2.19. The molecule has 0 heterocycles. The van der Waals surface area contributed by atoms with E-state index in [0.717, 1.165) is 0 Å². The van der Waals surface area contributed by atoms with Gasteiger partial charge in [-0.05, 0) is 31.7 Å². The van der Waals surface area contributed by atoms with Crippen LogP contribution >= 0.6 is 11.6 Å². The fourth-order valence-electron chi connectivity index (χ4n) is 1.12. The monoisotopic (exact) mass is 215 g/mol. The van der Waals surface area contributed by atoms with Crippen LogP contribution in [0.2, 0.25) is 5.02 Å². The number of carbonyl (C=O) groups excluding carboxylic acids is 1. The molecule has 14 heavy (non-hydrogen) atoms. The van der Waals surface area contributed by atoms with Crippen molar-refractivity contribution >= 4 is 17.4 Å². The van der Waals surface area contributed by atoms with Crippen molar-refractivity contribution < 1.29 is 9.18 Å². The summed E-state index contributed by atoms with van der Waals surface area (Å²) in [5, 5.41) is 3.08. The van der Waals surface area contributed by atoms with Gasteiger partial charge in [0.1, 0.15) is 5.82 Å². The van der Waals surface area contributed by atoms with E-state index >= 15 is 0 Å². The van der Waals surface area contributed by atoms with Crippen molar-refractivity contribution in [2.45, 2.75) is 6.92 Å². The number of benzene rings is 1. The van der Waals surface area contributed by atoms with Gasteiger partial charge in [-0.2, -0.15) is 0 Å². The standard InChI is InChI=1S/C10H11ClFNO/c1-6-3-9(12)7(4-8(6)11)10(14)5-13-2/h3-4,13H,5H2,1-2H3. The number of hydrogen-bond acceptors (Lipinski definition) is 2. The Balaban J connectivity index is 3.09. The van der Waals surface area contributed by atoms with E-state index in [1.165, 1.54) is 12.1 Å². The number of hydrogen-bond donors (Lipinski definition) is 1. The number of nitrogens with one attached hydrogen (secondary N) is 1. The van der Waals surface area contributed by atoms with Crippen molar-refractivity contribution in [3.8, 4) is 0 Å². The highest BCUT2D eigenvalue weighted by Crippen LogP contribution is 2.20. The van der Waals surface area contributed by atoms with E-state index in [9.17, 15) is 9.18 Å². The summed E-state index contributed by atoms with van der Waals surface area (Å²) in [5.41, 5.74) is 0.667. The topological polar surface area (TPSA) is 29.1 Å². The number of likely N-dealkylation sites (N-methyl/N-ethyl adjacent to an activating group) is 1. The van der Waals surface area contributed by atoms with Crippen molar-refractivity contribution in [1.29, 1.82) is 0 Å². The molecule has 0 amide bonds. The van der Waals surface area contributed by atoms with E-state index < -0.39 is 5.82 Å². The molecule has 1 rings (SSSR count). The van der Waals surface area contributed by atoms with Crippen LogP contribution in [-0.2, 0) is 0 Å². The molecule has 1 aromatic carbocycles. The number of ketones is 1. The largest absolute Gasteiger partial charge is 0.313 e. The Labute approximate surface area is 87.1 Å². The number of halogens is 2. The Kier molecular flexibility index (Phi) is 3.61. The van der Waals surface area contributed by atoms with E-state index in [-0.39, 0.29) is 17.9 Å². The first-order chi connectivity index (χ1) is 6.56. The maximum atomic E-state index is 13.3. The lowest BCUT2D eigenvalue weighted by molar-refractivity contribution is 0.0990. The van der Waals surface area contributed by atoms with E-state index in [4.69, 9.17) is 11.6 Å². The lowest BCUT2D eigenvalue weighted by Crippen LogP contribution is -2.19. The van der Waals surface area contributed by atoms with Crippen LogP contribution in [0.25, 0.3) is 0 Å². The van der Waals surface area contributed by atoms with Gasteiger partial charge in [-0.15, -0.1) is 0 Å². The molecule has 1 N–H and O–H groups in total. The van der Waals surface area contributed by atoms with Gasteiger partial charge in [0.05, 0.1) is 12.1 Å². The Bertz CT molecular complexity index is 365. The van der Waals surface area contributed by atoms with E-state index in [1.54, 1.807) is 14.0 Å². The van der Waals surface area contributed by atoms with Crippen LogP contribution in [-0.4, -0.2) is 19.4 Å². The second-order valence-electron chi connectivity index (χ2n) is 3.03. The summed E-state index contributed by atoms with van der Waals surface area (Å²) >= 11 is 5.79. The van der Waals surface area contributed by atoms with Gasteiger partial charge < -0.3 is 5.32 Å². The normalized spacial score (nSPS) is 10.3. The van der Waals surface area contributed by atoms with Crippen molar-refractivity contribution in [1.82, 2.24) is 5.32 Å². The van der Waals surface area contributed by atoms with Gasteiger partial charge in [0.15, 0.2) is 5.78 Å². The number of carbonyl (C=O) groups is 1. The molecule has 0 spiro atoms. The average Bonchev–Trinajstić information content (AvgIpc) is 2.11. The van der Waals surface area contributed by atoms with Crippen molar-refractivity contribution in [3.63, 3.8) is 0 Å². The number of rotatable bonds is 3. The molecule has 0 radical (unpaired) electrons. The quantitative estimate of drug-likeness (QED) is 0.784. The van der Waals surface area contributed by atoms with E-state index in [1.807, 2.05) is 0 Å². The minimum atomic E-state index is -0.521. The fourth-order valence-corrected chi connectivity index (χ4v) is 1.28. The highest BCUT2D eigenvalue weighted by Gasteiger charge is 2.12. The first-order valence-electron chi connectivity index (χ1n) is 4.19. The van der Waals surface area contributed by atoms with Crippen LogP contribution in [0.4, 0.5) is 4.39 Å². The van der Waals surface area contributed by atoms with Gasteiger partial charge in [-0.3, -0.25) is 4.79 Å². The molecule has 4 heteroatoms. The molecule has 2 nitrogen and oxygen atoms in total. The third kappa shape index (κ3) is 2.30. The predicted molar refractivity (Wildman–Crippen MR) is 54.4 cm³/mol. The Hall–Kier alpha value is -0.930. The molecule has 0 aliphatic heterocycles. The highest BCUT2D eigenvalue weighted by molar-refractivity contribution is 6.31. The second-order valence-corrected chi connectivity index (χ2v) is 3.44. The van der Waals surface area contributed by atoms with Crippen LogP contribution in [0.3, 0.4) is 0 Å². The van der Waals surface area contributed by atoms with Crippen LogP contribution in [0.5, 0.6) is 0 Å². The summed E-state index contributed by atoms with van der Waals surface area (Å²) in [7, 11) is 1.63. The van der Waals surface area contributed by atoms with Gasteiger partial charge in [-0.1, -0.05) is 11.6 Å². The molecule has 0 aliphatic carbocycles. The number of Topliss-reactive ketones (excluding diaryl/α,β-unsaturated/α-hetero) is 1. The first-order valence-corrected chi connectivity index (χ1v) is 4.57. The summed E-state index contributed by atoms with van der Waals surface area (Å²) in [6.45, 7) is 1.80. The molecule has 0 atom stereocenters. The minimum Gasteiger partial charge on any atom is -0.313 e. The van der Waals surface area contributed by atoms with Crippen LogP contribution in [0, 0.1) is 12.7 Å². The molecule has 0 unspecified atom stereocenters. The van der Waals surface area contributed by atoms with E-state index in [0.29, 0.717) is 10.6 Å². The smallest absolute Gasteiger partial charge is 0.179 e. The maximum absolute atomic E-state index is 13.3. The summed E-state index contributed by atoms with van der Waals surface area (Å²) < 4.78 is 13.3. The van der Waals surface area contributed by atoms with Gasteiger partial charge >= 0.3 is 0 Å². The molecule has 0 bridgehead atoms. The zero-order valence-electron chi connectivity index (χ0n) is 8.03. The van der Waals surface area contributed by atoms with Gasteiger partial charge in [0, 0.05) is 5.02 Å². The number of aryl methyl sites for hydroxylation is 1. The highest BCUT2D eigenvalue weighted by atomic mass is 35.5. The minimum absolute atomic E-state index is 0.0370. The molecule has 0 saturated carbocycles. The average molecular weight is 216 g/mol. The first kappa shape index (κ1) is 11.1. The van der Waals surface area contributed by atoms with Crippen molar-refractivity contribution in [2.75, 3.05) is 13.6 Å². The van der Waals surface area contributed by atoms with Crippen LogP contribution in [0.1, 0.15) is 15.9 Å². The molecule has 76 valence electrons. The Morgan fingerprint density at radius 2 is 2.21 bits per heavy atom. The van der Waals surface area contributed by atoms with E-state index in [2.05, 4.69) is 5.32 Å². The molecule has 0 aliphatic rings. The van der Waals surface area contributed by atoms with Crippen molar-refractivity contribution in [2.24, 2.45) is 0 Å². The third-order valence-electron chi connectivity index (χ3n) is 1.89. The Morgan fingerprint density at radius 1 is 1.57 bits per heavy atom. The molecule has 0 saturated heterocycles. The zero-order valence-corrected chi connectivity index (χ0v) is 8.78. The summed E-state index contributed by atoms with van der Waals surface area (Å²) in [4.78, 5) is 11.4. The van der Waals surface area contributed by atoms with Crippen molar-refractivity contribution in [3.05, 3.63) is 34.1 Å². The fraction of sp³-hybridized carbons (Fsp3) is 0.300. The summed E-state index contributed by atoms with van der Waals surface area (Å²) in [6.07, 6.45) is 0. The zero-order chi connectivity index (χ0) is 10.7. The third-order valence-corrected chi connectivity index (χ3v) is 2.29. The van der Waals surface area contributed by atoms with Crippen LogP contribution in [0.15, 0.2) is 12.1 Å². The molecular weight excluding hydrogens is 205 g/mol. The summed E-state index contributed by atoms with van der Waals surface area (Å²) in [5.74, 6) is -0.820. The lowest BCUT2D eigenvalue weighted by Gasteiger charge is -2.04. The van der Waals surface area contributed by atoms with Gasteiger partial charge in [0.25, 0.3) is 0 Å². The molecule has 1 aromatic rings. The van der Waals surface area contributed by atoms with Crippen LogP contribution < -0.4 is 5.32 Å². The summed E-state index contributed by atoms with van der Waals surface area (Å²) in [6, 6.07) is 2.64. The molecule has 0 aromatic heterocycles. The molecular formula is C10H11ClFNO.